The van der Waals surface area contributed by atoms with Gasteiger partial charge in [-0.05, 0) is 6.42 Å². The zero-order valence-electron chi connectivity index (χ0n) is 3.81. The van der Waals surface area contributed by atoms with E-state index in [4.69, 9.17) is 5.21 Å². The van der Waals surface area contributed by atoms with Gasteiger partial charge in [-0.1, -0.05) is 13.0 Å². The van der Waals surface area contributed by atoms with Gasteiger partial charge >= 0.3 is 0 Å². The summed E-state index contributed by atoms with van der Waals surface area (Å²) < 4.78 is 0. The van der Waals surface area contributed by atoms with Crippen molar-refractivity contribution in [1.29, 1.82) is 0 Å². The first-order valence-electron chi connectivity index (χ1n) is 1.96. The molecule has 0 heterocycles. The third-order valence-corrected chi connectivity index (χ3v) is 0.428. The van der Waals surface area contributed by atoms with Gasteiger partial charge in [0.2, 0.25) is 0 Å². The van der Waals surface area contributed by atoms with E-state index in [1.165, 1.54) is 6.20 Å². The highest BCUT2D eigenvalue weighted by molar-refractivity contribution is 4.73. The minimum atomic E-state index is 0.952. The smallest absolute Gasteiger partial charge is 0.0200 e. The van der Waals surface area contributed by atoms with Crippen molar-refractivity contribution in [2.45, 2.75) is 13.3 Å². The molecule has 0 amide bonds. The average molecular weight is 87.1 g/mol. The molecule has 0 aromatic carbocycles. The molecule has 0 unspecified atom stereocenters. The van der Waals surface area contributed by atoms with E-state index in [-0.39, 0.29) is 0 Å². The Kier molecular flexibility index (Phi) is 4.12. The summed E-state index contributed by atoms with van der Waals surface area (Å²) in [5.41, 5.74) is 1.89. The van der Waals surface area contributed by atoms with E-state index in [1.807, 2.05) is 18.5 Å². The molecule has 0 radical (unpaired) electrons. The van der Waals surface area contributed by atoms with Gasteiger partial charge in [0.05, 0.1) is 0 Å². The first kappa shape index (κ1) is 5.50. The maximum Gasteiger partial charge on any atom is 0.0200 e. The molecule has 0 aliphatic rings. The van der Waals surface area contributed by atoms with Crippen LogP contribution < -0.4 is 5.48 Å². The normalized spacial score (nSPS) is 9.67. The first-order chi connectivity index (χ1) is 2.91. The molecule has 0 fully saturated rings. The molecule has 2 nitrogen and oxygen atoms in total. The fraction of sp³-hybridized carbons (Fsp3) is 0.500. The molecular formula is C4H9NO. The molecule has 2 heteroatoms. The first-order valence-corrected chi connectivity index (χ1v) is 1.96. The highest BCUT2D eigenvalue weighted by Crippen LogP contribution is 1.71. The lowest BCUT2D eigenvalue weighted by molar-refractivity contribution is 0.214. The topological polar surface area (TPSA) is 32.3 Å². The lowest BCUT2D eigenvalue weighted by atomic mass is 10.5. The summed E-state index contributed by atoms with van der Waals surface area (Å²) in [5.74, 6) is 0. The fourth-order valence-electron chi connectivity index (χ4n) is 0.171. The number of nitrogens with one attached hydrogen (secondary N) is 1. The highest BCUT2D eigenvalue weighted by Gasteiger charge is 1.57. The molecule has 36 valence electrons. The molecule has 0 aromatic heterocycles. The molecule has 0 aliphatic heterocycles. The summed E-state index contributed by atoms with van der Waals surface area (Å²) in [6.45, 7) is 1.99. The number of allylic oxidation sites excluding steroid dienone is 1. The zero-order chi connectivity index (χ0) is 4.83. The minimum absolute atomic E-state index is 0.952. The van der Waals surface area contributed by atoms with Crippen LogP contribution in [0.3, 0.4) is 0 Å². The van der Waals surface area contributed by atoms with Crippen LogP contribution in [0.4, 0.5) is 0 Å². The van der Waals surface area contributed by atoms with E-state index in [0.29, 0.717) is 0 Å². The summed E-state index contributed by atoms with van der Waals surface area (Å²) in [7, 11) is 0. The lowest BCUT2D eigenvalue weighted by Gasteiger charge is -1.78. The van der Waals surface area contributed by atoms with Gasteiger partial charge in [-0.15, -0.1) is 0 Å². The largest absolute Gasteiger partial charge is 0.292 e. The second kappa shape index (κ2) is 4.50. The molecule has 0 spiro atoms. The zero-order valence-corrected chi connectivity index (χ0v) is 3.81. The van der Waals surface area contributed by atoms with Crippen LogP contribution in [0.1, 0.15) is 13.3 Å². The summed E-state index contributed by atoms with van der Waals surface area (Å²) in [6, 6.07) is 0. The Balaban J connectivity index is 2.73. The standard InChI is InChI=1S/C4H9NO/c1-2-3-4-5-6/h3-6H,2H2,1H3. The maximum absolute atomic E-state index is 7.86. The minimum Gasteiger partial charge on any atom is -0.292 e. The number of hydrogen-bond donors (Lipinski definition) is 2. The Hall–Kier alpha value is -0.500. The molecule has 0 atom stereocenters. The van der Waals surface area contributed by atoms with Crippen LogP contribution in [0.15, 0.2) is 12.3 Å². The van der Waals surface area contributed by atoms with Gasteiger partial charge in [0.1, 0.15) is 0 Å². The van der Waals surface area contributed by atoms with Gasteiger partial charge in [-0.3, -0.25) is 10.7 Å². The van der Waals surface area contributed by atoms with Gasteiger partial charge in [0, 0.05) is 6.20 Å². The predicted octanol–water partition coefficient (Wildman–Crippen LogP) is 0.889. The van der Waals surface area contributed by atoms with Crippen LogP contribution in [0.2, 0.25) is 0 Å². The summed E-state index contributed by atoms with van der Waals surface area (Å²) in [5, 5.41) is 7.86. The summed E-state index contributed by atoms with van der Waals surface area (Å²) in [6.07, 6.45) is 4.26. The molecule has 0 rings (SSSR count). The van der Waals surface area contributed by atoms with Gasteiger partial charge in [-0.25, -0.2) is 0 Å². The van der Waals surface area contributed by atoms with E-state index in [0.717, 1.165) is 6.42 Å². The van der Waals surface area contributed by atoms with Gasteiger partial charge in [0.15, 0.2) is 0 Å². The molecule has 0 saturated heterocycles. The summed E-state index contributed by atoms with van der Waals surface area (Å²) >= 11 is 0. The van der Waals surface area contributed by atoms with E-state index in [1.54, 1.807) is 0 Å². The predicted molar refractivity (Wildman–Crippen MR) is 24.4 cm³/mol. The van der Waals surface area contributed by atoms with Gasteiger partial charge < -0.3 is 0 Å². The lowest BCUT2D eigenvalue weighted by Crippen LogP contribution is -1.91. The number of rotatable bonds is 2. The van der Waals surface area contributed by atoms with Gasteiger partial charge in [0.25, 0.3) is 0 Å². The second-order valence-corrected chi connectivity index (χ2v) is 0.940. The Morgan fingerprint density at radius 1 is 1.83 bits per heavy atom. The third kappa shape index (κ3) is 3.50. The van der Waals surface area contributed by atoms with E-state index in [2.05, 4.69) is 0 Å². The number of hydrogen-bond acceptors (Lipinski definition) is 2. The Morgan fingerprint density at radius 3 is 2.67 bits per heavy atom. The van der Waals surface area contributed by atoms with Crippen molar-refractivity contribution in [2.75, 3.05) is 0 Å². The van der Waals surface area contributed by atoms with Crippen molar-refractivity contribution in [2.24, 2.45) is 0 Å². The SMILES string of the molecule is CCC=CNO. The van der Waals surface area contributed by atoms with Crippen LogP contribution in [0.25, 0.3) is 0 Å². The Bertz CT molecular complexity index is 36.8. The fourth-order valence-corrected chi connectivity index (χ4v) is 0.171. The molecule has 0 aliphatic carbocycles. The van der Waals surface area contributed by atoms with Crippen molar-refractivity contribution >= 4 is 0 Å². The average Bonchev–Trinajstić information content (AvgIpc) is 1.61. The van der Waals surface area contributed by atoms with Crippen LogP contribution in [0, 0.1) is 0 Å². The van der Waals surface area contributed by atoms with Crippen molar-refractivity contribution in [3.05, 3.63) is 12.3 Å². The monoisotopic (exact) mass is 87.1 g/mol. The molecular weight excluding hydrogens is 78.0 g/mol. The van der Waals surface area contributed by atoms with Crippen molar-refractivity contribution < 1.29 is 5.21 Å². The molecule has 6 heavy (non-hydrogen) atoms. The van der Waals surface area contributed by atoms with E-state index in [9.17, 15) is 0 Å². The van der Waals surface area contributed by atoms with Crippen molar-refractivity contribution in [3.63, 3.8) is 0 Å². The van der Waals surface area contributed by atoms with Crippen LogP contribution >= 0.6 is 0 Å². The van der Waals surface area contributed by atoms with E-state index < -0.39 is 0 Å². The molecule has 2 N–H and O–H groups in total. The van der Waals surface area contributed by atoms with Crippen LogP contribution in [-0.2, 0) is 0 Å². The molecule has 0 bridgehead atoms. The third-order valence-electron chi connectivity index (χ3n) is 0.428. The quantitative estimate of drug-likeness (QED) is 0.490. The van der Waals surface area contributed by atoms with Crippen molar-refractivity contribution in [1.82, 2.24) is 5.48 Å². The summed E-state index contributed by atoms with van der Waals surface area (Å²) in [4.78, 5) is 0. The van der Waals surface area contributed by atoms with Crippen molar-refractivity contribution in [3.8, 4) is 0 Å². The Labute approximate surface area is 37.4 Å². The Morgan fingerprint density at radius 2 is 2.50 bits per heavy atom. The molecule has 0 aromatic rings. The number of hydroxylamine groups is 1. The molecule has 0 saturated carbocycles. The van der Waals surface area contributed by atoms with Crippen LogP contribution in [-0.4, -0.2) is 5.21 Å². The second-order valence-electron chi connectivity index (χ2n) is 0.940. The van der Waals surface area contributed by atoms with Gasteiger partial charge in [-0.2, -0.15) is 0 Å². The van der Waals surface area contributed by atoms with Crippen LogP contribution in [0.5, 0.6) is 0 Å². The van der Waals surface area contributed by atoms with E-state index >= 15 is 0 Å². The maximum atomic E-state index is 7.86. The highest BCUT2D eigenvalue weighted by atomic mass is 16.5.